The van der Waals surface area contributed by atoms with Gasteiger partial charge in [-0.3, -0.25) is 4.90 Å². The zero-order valence-electron chi connectivity index (χ0n) is 12.0. The molecule has 0 aromatic heterocycles. The van der Waals surface area contributed by atoms with Crippen LogP contribution in [0.25, 0.3) is 10.8 Å². The van der Waals surface area contributed by atoms with Crippen molar-refractivity contribution < 1.29 is 0 Å². The molecule has 3 heteroatoms. The maximum Gasteiger partial charge on any atom is 0.0320 e. The van der Waals surface area contributed by atoms with Crippen LogP contribution in [-0.2, 0) is 0 Å². The molecule has 0 bridgehead atoms. The molecule has 20 heavy (non-hydrogen) atoms. The van der Waals surface area contributed by atoms with Crippen molar-refractivity contribution in [3.05, 3.63) is 48.0 Å². The minimum Gasteiger partial charge on any atom is -0.330 e. The SMILES string of the molecule is CC(c1ccc2ccccc2c1)N1CCC(CN)C1.Cl. The molecule has 1 fully saturated rings. The lowest BCUT2D eigenvalue weighted by Crippen LogP contribution is -2.26. The zero-order chi connectivity index (χ0) is 13.2. The molecule has 0 amide bonds. The number of hydrogen-bond donors (Lipinski definition) is 1. The van der Waals surface area contributed by atoms with Crippen molar-refractivity contribution >= 4 is 23.2 Å². The van der Waals surface area contributed by atoms with E-state index in [9.17, 15) is 0 Å². The molecule has 2 nitrogen and oxygen atoms in total. The number of rotatable bonds is 3. The van der Waals surface area contributed by atoms with Crippen molar-refractivity contribution in [3.8, 4) is 0 Å². The van der Waals surface area contributed by atoms with Gasteiger partial charge in [0.1, 0.15) is 0 Å². The van der Waals surface area contributed by atoms with Gasteiger partial charge in [0.15, 0.2) is 0 Å². The van der Waals surface area contributed by atoms with Gasteiger partial charge in [-0.2, -0.15) is 0 Å². The number of fused-ring (bicyclic) bond motifs is 1. The summed E-state index contributed by atoms with van der Waals surface area (Å²) >= 11 is 0. The first-order chi connectivity index (χ1) is 9.28. The Hall–Kier alpha value is -1.09. The van der Waals surface area contributed by atoms with Gasteiger partial charge in [0, 0.05) is 12.6 Å². The Morgan fingerprint density at radius 2 is 1.95 bits per heavy atom. The van der Waals surface area contributed by atoms with E-state index in [2.05, 4.69) is 54.3 Å². The molecule has 2 aromatic rings. The van der Waals surface area contributed by atoms with E-state index in [4.69, 9.17) is 5.73 Å². The third-order valence-corrected chi connectivity index (χ3v) is 4.45. The van der Waals surface area contributed by atoms with Crippen LogP contribution in [0.3, 0.4) is 0 Å². The monoisotopic (exact) mass is 290 g/mol. The molecule has 108 valence electrons. The van der Waals surface area contributed by atoms with E-state index >= 15 is 0 Å². The van der Waals surface area contributed by atoms with Crippen LogP contribution in [0.1, 0.15) is 24.9 Å². The fourth-order valence-corrected chi connectivity index (χ4v) is 3.09. The van der Waals surface area contributed by atoms with Gasteiger partial charge in [0.2, 0.25) is 0 Å². The highest BCUT2D eigenvalue weighted by atomic mass is 35.5. The maximum absolute atomic E-state index is 5.78. The molecule has 1 aliphatic rings. The summed E-state index contributed by atoms with van der Waals surface area (Å²) in [6.07, 6.45) is 1.24. The standard InChI is InChI=1S/C17H22N2.ClH/c1-13(19-9-8-14(11-18)12-19)16-7-6-15-4-2-3-5-17(15)10-16;/h2-7,10,13-14H,8-9,11-12,18H2,1H3;1H. The first-order valence-corrected chi connectivity index (χ1v) is 7.21. The van der Waals surface area contributed by atoms with E-state index in [1.54, 1.807) is 0 Å². The molecule has 2 aromatic carbocycles. The first-order valence-electron chi connectivity index (χ1n) is 7.21. The third-order valence-electron chi connectivity index (χ3n) is 4.45. The molecule has 3 rings (SSSR count). The van der Waals surface area contributed by atoms with Crippen LogP contribution in [0.4, 0.5) is 0 Å². The number of halogens is 1. The van der Waals surface area contributed by atoms with Crippen LogP contribution < -0.4 is 5.73 Å². The number of likely N-dealkylation sites (tertiary alicyclic amines) is 1. The van der Waals surface area contributed by atoms with Crippen molar-refractivity contribution in [2.24, 2.45) is 11.7 Å². The molecule has 0 aliphatic carbocycles. The summed E-state index contributed by atoms with van der Waals surface area (Å²) in [4.78, 5) is 2.56. The summed E-state index contributed by atoms with van der Waals surface area (Å²) in [7, 11) is 0. The van der Waals surface area contributed by atoms with Crippen LogP contribution in [0.5, 0.6) is 0 Å². The molecule has 2 N–H and O–H groups in total. The van der Waals surface area contributed by atoms with Gasteiger partial charge in [-0.1, -0.05) is 36.4 Å². The van der Waals surface area contributed by atoms with E-state index in [-0.39, 0.29) is 12.4 Å². The van der Waals surface area contributed by atoms with Crippen molar-refractivity contribution in [2.75, 3.05) is 19.6 Å². The van der Waals surface area contributed by atoms with E-state index in [0.29, 0.717) is 12.0 Å². The molecule has 2 atom stereocenters. The van der Waals surface area contributed by atoms with Gasteiger partial charge in [0.25, 0.3) is 0 Å². The Kier molecular flexibility index (Phi) is 5.03. The Morgan fingerprint density at radius 1 is 1.20 bits per heavy atom. The second kappa shape index (κ2) is 6.57. The number of benzene rings is 2. The van der Waals surface area contributed by atoms with Gasteiger partial charge < -0.3 is 5.73 Å². The molecule has 0 radical (unpaired) electrons. The molecular weight excluding hydrogens is 268 g/mol. The molecule has 0 spiro atoms. The summed E-state index contributed by atoms with van der Waals surface area (Å²) in [5.74, 6) is 0.683. The Balaban J connectivity index is 0.00000147. The lowest BCUT2D eigenvalue weighted by molar-refractivity contribution is 0.253. The van der Waals surface area contributed by atoms with Crippen LogP contribution in [0, 0.1) is 5.92 Å². The summed E-state index contributed by atoms with van der Waals surface area (Å²) in [6, 6.07) is 15.9. The van der Waals surface area contributed by atoms with Gasteiger partial charge in [-0.05, 0) is 54.8 Å². The third kappa shape index (κ3) is 2.98. The summed E-state index contributed by atoms with van der Waals surface area (Å²) < 4.78 is 0. The fraction of sp³-hybridized carbons (Fsp3) is 0.412. The molecule has 1 aliphatic heterocycles. The number of nitrogens with two attached hydrogens (primary N) is 1. The van der Waals surface area contributed by atoms with E-state index in [1.807, 2.05) is 0 Å². The first kappa shape index (κ1) is 15.3. The van der Waals surface area contributed by atoms with Crippen molar-refractivity contribution in [1.82, 2.24) is 4.90 Å². The predicted molar refractivity (Wildman–Crippen MR) is 88.3 cm³/mol. The van der Waals surface area contributed by atoms with E-state index in [1.165, 1.54) is 29.3 Å². The second-order valence-corrected chi connectivity index (χ2v) is 5.67. The van der Waals surface area contributed by atoms with Crippen LogP contribution in [0.2, 0.25) is 0 Å². The largest absolute Gasteiger partial charge is 0.330 e. The number of hydrogen-bond acceptors (Lipinski definition) is 2. The molecular formula is C17H23ClN2. The fourth-order valence-electron chi connectivity index (χ4n) is 3.09. The normalized spacial score (nSPS) is 20.8. The maximum atomic E-state index is 5.78. The van der Waals surface area contributed by atoms with Crippen LogP contribution in [-0.4, -0.2) is 24.5 Å². The Bertz CT molecular complexity index is 570. The van der Waals surface area contributed by atoms with Crippen LogP contribution in [0.15, 0.2) is 42.5 Å². The summed E-state index contributed by atoms with van der Waals surface area (Å²) in [5, 5.41) is 2.65. The topological polar surface area (TPSA) is 29.3 Å². The quantitative estimate of drug-likeness (QED) is 0.936. The summed E-state index contributed by atoms with van der Waals surface area (Å²) in [6.45, 7) is 5.45. The van der Waals surface area contributed by atoms with Gasteiger partial charge in [-0.25, -0.2) is 0 Å². The molecule has 1 saturated heterocycles. The smallest absolute Gasteiger partial charge is 0.0320 e. The average Bonchev–Trinajstić information content (AvgIpc) is 2.95. The lowest BCUT2D eigenvalue weighted by atomic mass is 10.0. The highest BCUT2D eigenvalue weighted by Gasteiger charge is 2.25. The Morgan fingerprint density at radius 3 is 2.65 bits per heavy atom. The van der Waals surface area contributed by atoms with Gasteiger partial charge in [-0.15, -0.1) is 12.4 Å². The minimum atomic E-state index is 0. The minimum absolute atomic E-state index is 0. The van der Waals surface area contributed by atoms with Crippen molar-refractivity contribution in [3.63, 3.8) is 0 Å². The van der Waals surface area contributed by atoms with Gasteiger partial charge >= 0.3 is 0 Å². The predicted octanol–water partition coefficient (Wildman–Crippen LogP) is 3.60. The van der Waals surface area contributed by atoms with Crippen molar-refractivity contribution in [2.45, 2.75) is 19.4 Å². The lowest BCUT2D eigenvalue weighted by Gasteiger charge is -2.25. The number of nitrogens with zero attached hydrogens (tertiary/aromatic N) is 1. The molecule has 0 saturated carbocycles. The average molecular weight is 291 g/mol. The van der Waals surface area contributed by atoms with Gasteiger partial charge in [0.05, 0.1) is 0 Å². The van der Waals surface area contributed by atoms with Crippen molar-refractivity contribution in [1.29, 1.82) is 0 Å². The Labute approximate surface area is 127 Å². The summed E-state index contributed by atoms with van der Waals surface area (Å²) in [5.41, 5.74) is 7.20. The molecule has 1 heterocycles. The van der Waals surface area contributed by atoms with Crippen LogP contribution >= 0.6 is 12.4 Å². The zero-order valence-corrected chi connectivity index (χ0v) is 12.8. The molecule has 2 unspecified atom stereocenters. The highest BCUT2D eigenvalue weighted by molar-refractivity contribution is 5.85. The second-order valence-electron chi connectivity index (χ2n) is 5.67. The van der Waals surface area contributed by atoms with E-state index in [0.717, 1.165) is 13.1 Å². The van der Waals surface area contributed by atoms with E-state index < -0.39 is 0 Å². The highest BCUT2D eigenvalue weighted by Crippen LogP contribution is 2.28.